The van der Waals surface area contributed by atoms with Crippen LogP contribution < -0.4 is 0 Å². The predicted molar refractivity (Wildman–Crippen MR) is 131 cm³/mol. The molecule has 2 atom stereocenters. The first-order chi connectivity index (χ1) is 16.3. The van der Waals surface area contributed by atoms with Crippen molar-refractivity contribution in [2.45, 2.75) is 82.8 Å². The van der Waals surface area contributed by atoms with Gasteiger partial charge in [0.25, 0.3) is 0 Å². The van der Waals surface area contributed by atoms with E-state index >= 15 is 0 Å². The molecular formula is C29H37F3N2. The van der Waals surface area contributed by atoms with Crippen molar-refractivity contribution in [1.29, 1.82) is 5.26 Å². The molecule has 3 rings (SSSR count). The van der Waals surface area contributed by atoms with Crippen LogP contribution in [0.3, 0.4) is 0 Å². The van der Waals surface area contributed by atoms with Crippen molar-refractivity contribution in [1.82, 2.24) is 4.90 Å². The third-order valence-electron chi connectivity index (χ3n) is 7.59. The number of halogens is 3. The van der Waals surface area contributed by atoms with E-state index in [-0.39, 0.29) is 17.5 Å². The van der Waals surface area contributed by atoms with E-state index in [9.17, 15) is 18.4 Å². The number of hydrogen-bond donors (Lipinski definition) is 0. The van der Waals surface area contributed by atoms with Crippen molar-refractivity contribution in [3.05, 3.63) is 71.3 Å². The molecule has 0 radical (unpaired) electrons. The summed E-state index contributed by atoms with van der Waals surface area (Å²) in [5.74, 6) is -0.0304. The molecule has 2 aromatic carbocycles. The number of nitriles is 1. The number of alkyl halides is 3. The predicted octanol–water partition coefficient (Wildman–Crippen LogP) is 7.78. The van der Waals surface area contributed by atoms with Crippen LogP contribution in [0.5, 0.6) is 0 Å². The van der Waals surface area contributed by atoms with Crippen molar-refractivity contribution in [2.24, 2.45) is 5.92 Å². The van der Waals surface area contributed by atoms with E-state index in [1.807, 2.05) is 18.2 Å². The minimum Gasteiger partial charge on any atom is -0.300 e. The molecule has 0 amide bonds. The van der Waals surface area contributed by atoms with Gasteiger partial charge in [-0.25, -0.2) is 0 Å². The van der Waals surface area contributed by atoms with E-state index in [0.717, 1.165) is 57.7 Å². The number of rotatable bonds is 11. The Balaban J connectivity index is 1.83. The highest BCUT2D eigenvalue weighted by molar-refractivity contribution is 5.42. The van der Waals surface area contributed by atoms with E-state index in [1.165, 1.54) is 11.6 Å². The fourth-order valence-electron chi connectivity index (χ4n) is 5.68. The molecule has 0 aromatic heterocycles. The van der Waals surface area contributed by atoms with E-state index in [0.29, 0.717) is 12.8 Å². The molecule has 2 unspecified atom stereocenters. The first-order valence-corrected chi connectivity index (χ1v) is 12.7. The number of nitrogens with zero attached hydrogens (tertiary/aromatic N) is 2. The Bertz CT molecular complexity index is 928. The molecule has 0 spiro atoms. The van der Waals surface area contributed by atoms with Gasteiger partial charge in [-0.3, -0.25) is 0 Å². The Labute approximate surface area is 202 Å². The zero-order valence-corrected chi connectivity index (χ0v) is 20.5. The van der Waals surface area contributed by atoms with E-state index in [4.69, 9.17) is 0 Å². The maximum absolute atomic E-state index is 14.0. The molecule has 0 aliphatic heterocycles. The average Bonchev–Trinajstić information content (AvgIpc) is 3.38. The molecule has 184 valence electrons. The second kappa shape index (κ2) is 11.9. The van der Waals surface area contributed by atoms with Gasteiger partial charge in [-0.2, -0.15) is 18.4 Å². The maximum atomic E-state index is 14.0. The molecule has 5 heteroatoms. The third-order valence-corrected chi connectivity index (χ3v) is 7.59. The largest absolute Gasteiger partial charge is 0.416 e. The monoisotopic (exact) mass is 470 g/mol. The number of hydrogen-bond acceptors (Lipinski definition) is 2. The van der Waals surface area contributed by atoms with Crippen molar-refractivity contribution in [3.63, 3.8) is 0 Å². The fourth-order valence-corrected chi connectivity index (χ4v) is 5.68. The zero-order valence-electron chi connectivity index (χ0n) is 20.5. The van der Waals surface area contributed by atoms with E-state index in [1.54, 1.807) is 12.1 Å². The van der Waals surface area contributed by atoms with Crippen LogP contribution >= 0.6 is 0 Å². The molecule has 0 N–H and O–H groups in total. The summed E-state index contributed by atoms with van der Waals surface area (Å²) < 4.78 is 41.9. The summed E-state index contributed by atoms with van der Waals surface area (Å²) >= 11 is 0. The van der Waals surface area contributed by atoms with Crippen LogP contribution in [-0.4, -0.2) is 24.0 Å². The average molecular weight is 471 g/mol. The summed E-state index contributed by atoms with van der Waals surface area (Å²) in [6.07, 6.45) is 2.25. The van der Waals surface area contributed by atoms with Crippen LogP contribution in [0.15, 0.2) is 54.6 Å². The zero-order chi connectivity index (χ0) is 24.6. The lowest BCUT2D eigenvalue weighted by atomic mass is 9.66. The summed E-state index contributed by atoms with van der Waals surface area (Å²) in [4.78, 5) is 2.43. The van der Waals surface area contributed by atoms with Crippen molar-refractivity contribution >= 4 is 0 Å². The van der Waals surface area contributed by atoms with Crippen LogP contribution in [0, 0.1) is 17.2 Å². The van der Waals surface area contributed by atoms with Gasteiger partial charge in [0.1, 0.15) is 0 Å². The Kier molecular flexibility index (Phi) is 9.19. The van der Waals surface area contributed by atoms with E-state index < -0.39 is 17.2 Å². The molecule has 0 heterocycles. The van der Waals surface area contributed by atoms with Crippen LogP contribution in [0.1, 0.15) is 75.5 Å². The van der Waals surface area contributed by atoms with Gasteiger partial charge < -0.3 is 4.90 Å². The van der Waals surface area contributed by atoms with Crippen molar-refractivity contribution in [2.75, 3.05) is 13.1 Å². The molecule has 1 saturated carbocycles. The Hall–Kier alpha value is -2.32. The second-order valence-corrected chi connectivity index (χ2v) is 9.77. The van der Waals surface area contributed by atoms with Crippen molar-refractivity contribution in [3.8, 4) is 6.07 Å². The Morgan fingerprint density at radius 3 is 2.18 bits per heavy atom. The molecule has 0 bridgehead atoms. The fraction of sp³-hybridized carbons (Fsp3) is 0.552. The van der Waals surface area contributed by atoms with Gasteiger partial charge in [0.05, 0.1) is 17.0 Å². The molecule has 34 heavy (non-hydrogen) atoms. The summed E-state index contributed by atoms with van der Waals surface area (Å²) in [6.45, 7) is 6.16. The summed E-state index contributed by atoms with van der Waals surface area (Å²) in [5, 5.41) is 10.5. The second-order valence-electron chi connectivity index (χ2n) is 9.77. The molecule has 2 nitrogen and oxygen atoms in total. The van der Waals surface area contributed by atoms with Gasteiger partial charge in [0.15, 0.2) is 0 Å². The van der Waals surface area contributed by atoms with Crippen LogP contribution in [-0.2, 0) is 18.0 Å². The van der Waals surface area contributed by atoms with Crippen LogP contribution in [0.2, 0.25) is 0 Å². The highest BCUT2D eigenvalue weighted by atomic mass is 19.4. The van der Waals surface area contributed by atoms with Gasteiger partial charge in [-0.1, -0.05) is 68.3 Å². The first kappa shape index (κ1) is 26.3. The van der Waals surface area contributed by atoms with Gasteiger partial charge in [0.2, 0.25) is 0 Å². The molecule has 1 aliphatic rings. The maximum Gasteiger partial charge on any atom is 0.416 e. The molecule has 1 fully saturated rings. The highest BCUT2D eigenvalue weighted by Gasteiger charge is 2.47. The van der Waals surface area contributed by atoms with Gasteiger partial charge >= 0.3 is 6.18 Å². The van der Waals surface area contributed by atoms with Gasteiger partial charge in [0, 0.05) is 12.6 Å². The lowest BCUT2D eigenvalue weighted by Crippen LogP contribution is -2.40. The third kappa shape index (κ3) is 6.21. The van der Waals surface area contributed by atoms with Gasteiger partial charge in [-0.15, -0.1) is 0 Å². The van der Waals surface area contributed by atoms with Crippen LogP contribution in [0.4, 0.5) is 13.2 Å². The summed E-state index contributed by atoms with van der Waals surface area (Å²) in [6, 6.07) is 18.8. The standard InChI is InChI=1S/C29H37F3N2/c1-3-20-34(21-18-24-11-5-4-6-12-24)23(2)17-19-28(22-33,25-13-7-8-14-25)26-15-9-10-16-27(26)29(30,31)32/h4-6,9-12,15-16,23,25H,3,7-8,13-14,17-21H2,1-2H3. The molecular weight excluding hydrogens is 433 g/mol. The lowest BCUT2D eigenvalue weighted by molar-refractivity contribution is -0.138. The Morgan fingerprint density at radius 1 is 0.971 bits per heavy atom. The first-order valence-electron chi connectivity index (χ1n) is 12.7. The smallest absolute Gasteiger partial charge is 0.300 e. The SMILES string of the molecule is CCCN(CCc1ccccc1)C(C)CCC(C#N)(c1ccccc1C(F)(F)F)C1CCCC1. The van der Waals surface area contributed by atoms with Crippen LogP contribution in [0.25, 0.3) is 0 Å². The summed E-state index contributed by atoms with van der Waals surface area (Å²) in [7, 11) is 0. The van der Waals surface area contributed by atoms with Crippen molar-refractivity contribution < 1.29 is 13.2 Å². The summed E-state index contributed by atoms with van der Waals surface area (Å²) in [5.41, 5.74) is -0.290. The lowest BCUT2D eigenvalue weighted by Gasteiger charge is -2.37. The van der Waals surface area contributed by atoms with E-state index in [2.05, 4.69) is 36.9 Å². The highest BCUT2D eigenvalue weighted by Crippen LogP contribution is 2.49. The number of benzene rings is 2. The minimum atomic E-state index is -4.47. The molecule has 1 aliphatic carbocycles. The van der Waals surface area contributed by atoms with Gasteiger partial charge in [-0.05, 0) is 75.1 Å². The molecule has 2 aromatic rings. The topological polar surface area (TPSA) is 27.0 Å². The quantitative estimate of drug-likeness (QED) is 0.335. The normalized spacial score (nSPS) is 17.4. The Morgan fingerprint density at radius 2 is 1.59 bits per heavy atom. The minimum absolute atomic E-state index is 0.0304. The molecule has 0 saturated heterocycles.